The van der Waals surface area contributed by atoms with E-state index in [0.29, 0.717) is 17.3 Å². The number of esters is 1. The maximum absolute atomic E-state index is 11.6. The van der Waals surface area contributed by atoms with Crippen LogP contribution in [0.1, 0.15) is 30.5 Å². The molecule has 0 amide bonds. The monoisotopic (exact) mass is 315 g/mol. The number of nitrogens with zero attached hydrogens (tertiary/aromatic N) is 1. The van der Waals surface area contributed by atoms with Crippen LogP contribution in [0.15, 0.2) is 48.2 Å². The van der Waals surface area contributed by atoms with Crippen LogP contribution in [-0.4, -0.2) is 17.6 Å². The van der Waals surface area contributed by atoms with Gasteiger partial charge in [0, 0.05) is 18.2 Å². The molecule has 0 fully saturated rings. The van der Waals surface area contributed by atoms with Gasteiger partial charge in [-0.25, -0.2) is 9.78 Å². The van der Waals surface area contributed by atoms with E-state index < -0.39 is 0 Å². The highest BCUT2D eigenvalue weighted by molar-refractivity contribution is 6.30. The SMILES string of the molecule is CCOC(=O)C(C)=Cc1ccc(Cc2cccnc2Cl)cc1. The summed E-state index contributed by atoms with van der Waals surface area (Å²) in [6.45, 7) is 3.93. The number of rotatable bonds is 5. The number of carbonyl (C=O) groups excluding carboxylic acids is 1. The molecule has 1 heterocycles. The third-order valence-corrected chi connectivity index (χ3v) is 3.53. The number of halogens is 1. The van der Waals surface area contributed by atoms with E-state index in [2.05, 4.69) is 4.98 Å². The number of aromatic nitrogens is 1. The molecule has 0 aliphatic carbocycles. The molecule has 0 spiro atoms. The number of hydrogen-bond donors (Lipinski definition) is 0. The Morgan fingerprint density at radius 2 is 2.00 bits per heavy atom. The smallest absolute Gasteiger partial charge is 0.333 e. The van der Waals surface area contributed by atoms with Crippen LogP contribution in [0.2, 0.25) is 5.15 Å². The van der Waals surface area contributed by atoms with Gasteiger partial charge in [0.25, 0.3) is 0 Å². The highest BCUT2D eigenvalue weighted by Gasteiger charge is 2.05. The molecule has 3 nitrogen and oxygen atoms in total. The van der Waals surface area contributed by atoms with Crippen molar-refractivity contribution >= 4 is 23.6 Å². The van der Waals surface area contributed by atoms with Crippen LogP contribution >= 0.6 is 11.6 Å². The van der Waals surface area contributed by atoms with Crippen molar-refractivity contribution in [2.45, 2.75) is 20.3 Å². The van der Waals surface area contributed by atoms with Crippen molar-refractivity contribution in [2.75, 3.05) is 6.61 Å². The largest absolute Gasteiger partial charge is 0.463 e. The first-order valence-electron chi connectivity index (χ1n) is 7.14. The maximum atomic E-state index is 11.6. The van der Waals surface area contributed by atoms with Gasteiger partial charge in [0.1, 0.15) is 5.15 Å². The van der Waals surface area contributed by atoms with Crippen LogP contribution in [-0.2, 0) is 16.0 Å². The Hall–Kier alpha value is -2.13. The maximum Gasteiger partial charge on any atom is 0.333 e. The highest BCUT2D eigenvalue weighted by atomic mass is 35.5. The molecule has 2 aromatic rings. The zero-order valence-electron chi connectivity index (χ0n) is 12.7. The van der Waals surface area contributed by atoms with Gasteiger partial charge in [-0.15, -0.1) is 0 Å². The Balaban J connectivity index is 2.09. The number of ether oxygens (including phenoxy) is 1. The van der Waals surface area contributed by atoms with Crippen LogP contribution in [0, 0.1) is 0 Å². The Labute approximate surface area is 135 Å². The highest BCUT2D eigenvalue weighted by Crippen LogP contribution is 2.17. The van der Waals surface area contributed by atoms with E-state index in [9.17, 15) is 4.79 Å². The summed E-state index contributed by atoms with van der Waals surface area (Å²) in [6.07, 6.45) is 4.23. The molecule has 0 aliphatic heterocycles. The Morgan fingerprint density at radius 1 is 1.27 bits per heavy atom. The lowest BCUT2D eigenvalue weighted by molar-refractivity contribution is -0.138. The van der Waals surface area contributed by atoms with E-state index in [4.69, 9.17) is 16.3 Å². The van der Waals surface area contributed by atoms with Crippen molar-refractivity contribution in [1.82, 2.24) is 4.98 Å². The molecule has 114 valence electrons. The second kappa shape index (κ2) is 7.76. The van der Waals surface area contributed by atoms with E-state index in [1.165, 1.54) is 0 Å². The first-order chi connectivity index (χ1) is 10.6. The van der Waals surface area contributed by atoms with Crippen LogP contribution < -0.4 is 0 Å². The van der Waals surface area contributed by atoms with Gasteiger partial charge < -0.3 is 4.74 Å². The number of carbonyl (C=O) groups is 1. The fourth-order valence-electron chi connectivity index (χ4n) is 2.06. The van der Waals surface area contributed by atoms with Crippen molar-refractivity contribution in [3.8, 4) is 0 Å². The molecule has 0 N–H and O–H groups in total. The summed E-state index contributed by atoms with van der Waals surface area (Å²) >= 11 is 6.07. The molecule has 0 saturated heterocycles. The quantitative estimate of drug-likeness (QED) is 0.469. The van der Waals surface area contributed by atoms with Crippen molar-refractivity contribution in [1.29, 1.82) is 0 Å². The van der Waals surface area contributed by atoms with Gasteiger partial charge in [-0.2, -0.15) is 0 Å². The van der Waals surface area contributed by atoms with E-state index >= 15 is 0 Å². The van der Waals surface area contributed by atoms with Crippen molar-refractivity contribution in [3.63, 3.8) is 0 Å². The van der Waals surface area contributed by atoms with E-state index in [1.54, 1.807) is 20.0 Å². The van der Waals surface area contributed by atoms with Crippen LogP contribution in [0.5, 0.6) is 0 Å². The Morgan fingerprint density at radius 3 is 2.64 bits per heavy atom. The third-order valence-electron chi connectivity index (χ3n) is 3.19. The summed E-state index contributed by atoms with van der Waals surface area (Å²) in [7, 11) is 0. The molecule has 1 aromatic carbocycles. The molecule has 0 radical (unpaired) electrons. The summed E-state index contributed by atoms with van der Waals surface area (Å²) in [5.74, 6) is -0.284. The fourth-order valence-corrected chi connectivity index (χ4v) is 2.24. The standard InChI is InChI=1S/C18H18ClNO2/c1-3-22-18(21)13(2)11-14-6-8-15(9-7-14)12-16-5-4-10-20-17(16)19/h4-11H,3,12H2,1-2H3. The first-order valence-corrected chi connectivity index (χ1v) is 7.51. The van der Waals surface area contributed by atoms with Crippen LogP contribution in [0.4, 0.5) is 0 Å². The topological polar surface area (TPSA) is 39.2 Å². The Bertz CT molecular complexity index is 678. The summed E-state index contributed by atoms with van der Waals surface area (Å²) in [5, 5.41) is 0.532. The minimum atomic E-state index is -0.284. The summed E-state index contributed by atoms with van der Waals surface area (Å²) < 4.78 is 4.96. The normalized spacial score (nSPS) is 11.3. The summed E-state index contributed by atoms with van der Waals surface area (Å²) in [5.41, 5.74) is 3.69. The van der Waals surface area contributed by atoms with E-state index in [-0.39, 0.29) is 5.97 Å². The number of pyridine rings is 1. The predicted molar refractivity (Wildman–Crippen MR) is 88.8 cm³/mol. The zero-order valence-corrected chi connectivity index (χ0v) is 13.4. The van der Waals surface area contributed by atoms with Gasteiger partial charge in [-0.1, -0.05) is 41.9 Å². The minimum absolute atomic E-state index is 0.284. The van der Waals surface area contributed by atoms with Crippen molar-refractivity contribution in [2.24, 2.45) is 0 Å². The molecule has 0 aliphatic rings. The van der Waals surface area contributed by atoms with Crippen molar-refractivity contribution in [3.05, 3.63) is 70.0 Å². The van der Waals surface area contributed by atoms with Gasteiger partial charge in [0.15, 0.2) is 0 Å². The second-order valence-corrected chi connectivity index (χ2v) is 5.28. The van der Waals surface area contributed by atoms with Gasteiger partial charge >= 0.3 is 5.97 Å². The fraction of sp³-hybridized carbons (Fsp3) is 0.222. The predicted octanol–water partition coefficient (Wildman–Crippen LogP) is 4.29. The van der Waals surface area contributed by atoms with Crippen LogP contribution in [0.25, 0.3) is 6.08 Å². The lowest BCUT2D eigenvalue weighted by Crippen LogP contribution is -2.04. The third kappa shape index (κ3) is 4.43. The minimum Gasteiger partial charge on any atom is -0.463 e. The molecule has 22 heavy (non-hydrogen) atoms. The zero-order chi connectivity index (χ0) is 15.9. The second-order valence-electron chi connectivity index (χ2n) is 4.92. The molecular formula is C18H18ClNO2. The van der Waals surface area contributed by atoms with E-state index in [1.807, 2.05) is 42.5 Å². The lowest BCUT2D eigenvalue weighted by Gasteiger charge is -2.05. The average molecular weight is 316 g/mol. The molecule has 0 bridgehead atoms. The molecule has 2 rings (SSSR count). The van der Waals surface area contributed by atoms with Gasteiger partial charge in [-0.3, -0.25) is 0 Å². The van der Waals surface area contributed by atoms with Gasteiger partial charge in [0.05, 0.1) is 6.61 Å². The first kappa shape index (κ1) is 16.2. The average Bonchev–Trinajstić information content (AvgIpc) is 2.51. The lowest BCUT2D eigenvalue weighted by atomic mass is 10.0. The molecule has 0 unspecified atom stereocenters. The molecule has 1 aromatic heterocycles. The summed E-state index contributed by atoms with van der Waals surface area (Å²) in [6, 6.07) is 11.8. The number of benzene rings is 1. The van der Waals surface area contributed by atoms with E-state index in [0.717, 1.165) is 23.1 Å². The van der Waals surface area contributed by atoms with Crippen LogP contribution in [0.3, 0.4) is 0 Å². The molecule has 0 atom stereocenters. The van der Waals surface area contributed by atoms with Crippen molar-refractivity contribution < 1.29 is 9.53 Å². The molecular weight excluding hydrogens is 298 g/mol. The summed E-state index contributed by atoms with van der Waals surface area (Å²) in [4.78, 5) is 15.7. The van der Waals surface area contributed by atoms with Gasteiger partial charge in [-0.05, 0) is 42.7 Å². The van der Waals surface area contributed by atoms with Gasteiger partial charge in [0.2, 0.25) is 0 Å². The Kier molecular flexibility index (Phi) is 5.73. The molecule has 0 saturated carbocycles. The number of hydrogen-bond acceptors (Lipinski definition) is 3. The molecule has 4 heteroatoms.